The molecule has 1 aromatic rings. The van der Waals surface area contributed by atoms with E-state index < -0.39 is 12.2 Å². The lowest BCUT2D eigenvalue weighted by Crippen LogP contribution is -2.44. The van der Waals surface area contributed by atoms with Gasteiger partial charge in [-0.3, -0.25) is 0 Å². The third-order valence-electron chi connectivity index (χ3n) is 6.86. The van der Waals surface area contributed by atoms with Gasteiger partial charge in [-0.1, -0.05) is 30.7 Å². The predicted molar refractivity (Wildman–Crippen MR) is 83.2 cm³/mol. The molecule has 0 radical (unpaired) electrons. The maximum atomic E-state index is 10.4. The average Bonchev–Trinajstić information content (AvgIpc) is 2.70. The van der Waals surface area contributed by atoms with Gasteiger partial charge in [-0.2, -0.15) is 0 Å². The molecule has 2 N–H and O–H groups in total. The molecule has 2 saturated carbocycles. The normalized spacial score (nSPS) is 44.9. The number of benzene rings is 1. The smallest absolute Gasteiger partial charge is 0.0855 e. The molecule has 0 bridgehead atoms. The van der Waals surface area contributed by atoms with Crippen molar-refractivity contribution in [2.24, 2.45) is 17.3 Å². The van der Waals surface area contributed by atoms with Crippen LogP contribution in [0, 0.1) is 24.2 Å². The highest BCUT2D eigenvalue weighted by Gasteiger charge is 2.57. The van der Waals surface area contributed by atoms with E-state index in [1.807, 2.05) is 0 Å². The molecule has 0 heterocycles. The standard InChI is InChI=1S/C19H26O2/c1-11-3-5-13-12(9-11)4-6-15-14(13)7-8-19(2)16(15)10-17(20)18(19)21/h3,5,9,14-18,20-21H,4,6-8,10H2,1-2H3/t14-,15?,16+,17-,18?,19?/m1/s1. The molecule has 0 aromatic heterocycles. The van der Waals surface area contributed by atoms with E-state index in [1.165, 1.54) is 12.0 Å². The number of aryl methyl sites for hydroxylation is 2. The largest absolute Gasteiger partial charge is 0.390 e. The maximum Gasteiger partial charge on any atom is 0.0855 e. The number of fused-ring (bicyclic) bond motifs is 5. The van der Waals surface area contributed by atoms with E-state index in [-0.39, 0.29) is 5.41 Å². The van der Waals surface area contributed by atoms with Gasteiger partial charge in [0.15, 0.2) is 0 Å². The second-order valence-electron chi connectivity index (χ2n) is 7.91. The van der Waals surface area contributed by atoms with Gasteiger partial charge in [-0.25, -0.2) is 0 Å². The zero-order valence-corrected chi connectivity index (χ0v) is 13.0. The molecule has 2 heteroatoms. The minimum Gasteiger partial charge on any atom is -0.390 e. The zero-order chi connectivity index (χ0) is 14.8. The summed E-state index contributed by atoms with van der Waals surface area (Å²) in [5.74, 6) is 1.77. The van der Waals surface area contributed by atoms with Crippen molar-refractivity contribution in [1.82, 2.24) is 0 Å². The van der Waals surface area contributed by atoms with Gasteiger partial charge in [0.1, 0.15) is 0 Å². The third-order valence-corrected chi connectivity index (χ3v) is 6.86. The Labute approximate surface area is 127 Å². The molecule has 6 atom stereocenters. The van der Waals surface area contributed by atoms with Crippen LogP contribution >= 0.6 is 0 Å². The Morgan fingerprint density at radius 1 is 1.19 bits per heavy atom. The van der Waals surface area contributed by atoms with Crippen LogP contribution in [0.4, 0.5) is 0 Å². The maximum absolute atomic E-state index is 10.4. The predicted octanol–water partition coefficient (Wildman–Crippen LogP) is 3.18. The number of hydrogen-bond acceptors (Lipinski definition) is 2. The number of rotatable bonds is 0. The molecular formula is C19H26O2. The molecule has 3 aliphatic carbocycles. The first-order valence-electron chi connectivity index (χ1n) is 8.46. The Morgan fingerprint density at radius 2 is 2.00 bits per heavy atom. The van der Waals surface area contributed by atoms with Crippen molar-refractivity contribution in [2.45, 2.75) is 64.1 Å². The molecule has 0 saturated heterocycles. The van der Waals surface area contributed by atoms with Crippen LogP contribution in [0.15, 0.2) is 18.2 Å². The number of aliphatic hydroxyl groups is 2. The van der Waals surface area contributed by atoms with Crippen LogP contribution in [0.5, 0.6) is 0 Å². The van der Waals surface area contributed by atoms with E-state index >= 15 is 0 Å². The Hall–Kier alpha value is -0.860. The summed E-state index contributed by atoms with van der Waals surface area (Å²) in [5.41, 5.74) is 4.39. The minimum atomic E-state index is -0.525. The first-order valence-corrected chi connectivity index (χ1v) is 8.46. The molecule has 2 fully saturated rings. The first kappa shape index (κ1) is 13.8. The van der Waals surface area contributed by atoms with Crippen molar-refractivity contribution in [3.8, 4) is 0 Å². The van der Waals surface area contributed by atoms with Crippen LogP contribution in [0.1, 0.15) is 55.2 Å². The fraction of sp³-hybridized carbons (Fsp3) is 0.684. The van der Waals surface area contributed by atoms with Crippen molar-refractivity contribution in [3.05, 3.63) is 34.9 Å². The molecule has 3 unspecified atom stereocenters. The Balaban J connectivity index is 1.71. The van der Waals surface area contributed by atoms with E-state index in [0.717, 1.165) is 25.7 Å². The quantitative estimate of drug-likeness (QED) is 0.769. The summed E-state index contributed by atoms with van der Waals surface area (Å²) in [5, 5.41) is 20.6. The van der Waals surface area contributed by atoms with E-state index in [1.54, 1.807) is 11.1 Å². The van der Waals surface area contributed by atoms with Crippen molar-refractivity contribution in [1.29, 1.82) is 0 Å². The fourth-order valence-electron chi connectivity index (χ4n) is 5.70. The van der Waals surface area contributed by atoms with Gasteiger partial charge >= 0.3 is 0 Å². The molecule has 4 rings (SSSR count). The third kappa shape index (κ3) is 1.85. The summed E-state index contributed by atoms with van der Waals surface area (Å²) < 4.78 is 0. The molecule has 0 spiro atoms. The van der Waals surface area contributed by atoms with Crippen molar-refractivity contribution >= 4 is 0 Å². The van der Waals surface area contributed by atoms with Crippen LogP contribution < -0.4 is 0 Å². The molecule has 21 heavy (non-hydrogen) atoms. The van der Waals surface area contributed by atoms with E-state index in [4.69, 9.17) is 0 Å². The second-order valence-corrected chi connectivity index (χ2v) is 7.91. The molecule has 0 aliphatic heterocycles. The van der Waals surface area contributed by atoms with Crippen molar-refractivity contribution < 1.29 is 10.2 Å². The fourth-order valence-corrected chi connectivity index (χ4v) is 5.70. The Morgan fingerprint density at radius 3 is 2.81 bits per heavy atom. The van der Waals surface area contributed by atoms with E-state index in [0.29, 0.717) is 17.8 Å². The molecule has 0 amide bonds. The van der Waals surface area contributed by atoms with Crippen LogP contribution in [-0.2, 0) is 6.42 Å². The van der Waals surface area contributed by atoms with Gasteiger partial charge in [-0.05, 0) is 73.3 Å². The number of hydrogen-bond donors (Lipinski definition) is 2. The zero-order valence-electron chi connectivity index (χ0n) is 13.0. The van der Waals surface area contributed by atoms with Gasteiger partial charge in [0, 0.05) is 0 Å². The average molecular weight is 286 g/mol. The monoisotopic (exact) mass is 286 g/mol. The van der Waals surface area contributed by atoms with Gasteiger partial charge in [0.2, 0.25) is 0 Å². The lowest BCUT2D eigenvalue weighted by atomic mass is 9.55. The Kier molecular flexibility index (Phi) is 3.00. The van der Waals surface area contributed by atoms with E-state index in [9.17, 15) is 10.2 Å². The summed E-state index contributed by atoms with van der Waals surface area (Å²) in [6, 6.07) is 6.94. The van der Waals surface area contributed by atoms with Crippen molar-refractivity contribution in [3.63, 3.8) is 0 Å². The highest BCUT2D eigenvalue weighted by Crippen LogP contribution is 2.60. The van der Waals surface area contributed by atoms with Crippen LogP contribution in [0.25, 0.3) is 0 Å². The van der Waals surface area contributed by atoms with Gasteiger partial charge in [-0.15, -0.1) is 0 Å². The van der Waals surface area contributed by atoms with Crippen LogP contribution in [0.2, 0.25) is 0 Å². The summed E-state index contributed by atoms with van der Waals surface area (Å²) in [7, 11) is 0. The van der Waals surface area contributed by atoms with Gasteiger partial charge in [0.05, 0.1) is 12.2 Å². The molecule has 1 aromatic carbocycles. The first-order chi connectivity index (χ1) is 10.0. The SMILES string of the molecule is Cc1ccc2c(c1)CCC1[C@@H]2CCC2(C)C(O)[C@H](O)C[C@@H]12. The van der Waals surface area contributed by atoms with Crippen LogP contribution in [-0.4, -0.2) is 22.4 Å². The summed E-state index contributed by atoms with van der Waals surface area (Å²) in [4.78, 5) is 0. The molecule has 114 valence electrons. The second kappa shape index (κ2) is 4.57. The molecular weight excluding hydrogens is 260 g/mol. The lowest BCUT2D eigenvalue weighted by molar-refractivity contribution is -0.0505. The topological polar surface area (TPSA) is 40.5 Å². The highest BCUT2D eigenvalue weighted by molar-refractivity contribution is 5.37. The van der Waals surface area contributed by atoms with E-state index in [2.05, 4.69) is 32.0 Å². The van der Waals surface area contributed by atoms with Crippen LogP contribution in [0.3, 0.4) is 0 Å². The summed E-state index contributed by atoms with van der Waals surface area (Å²) >= 11 is 0. The number of aliphatic hydroxyl groups excluding tert-OH is 2. The van der Waals surface area contributed by atoms with Gasteiger partial charge < -0.3 is 10.2 Å². The molecule has 3 aliphatic rings. The van der Waals surface area contributed by atoms with Gasteiger partial charge in [0.25, 0.3) is 0 Å². The highest BCUT2D eigenvalue weighted by atomic mass is 16.3. The molecule has 2 nitrogen and oxygen atoms in total. The lowest BCUT2D eigenvalue weighted by Gasteiger charge is -2.49. The van der Waals surface area contributed by atoms with Crippen molar-refractivity contribution in [2.75, 3.05) is 0 Å². The summed E-state index contributed by atoms with van der Waals surface area (Å²) in [6.07, 6.45) is 4.35. The summed E-state index contributed by atoms with van der Waals surface area (Å²) in [6.45, 7) is 4.38. The minimum absolute atomic E-state index is 0.0667. The Bertz CT molecular complexity index is 567.